The lowest BCUT2D eigenvalue weighted by Gasteiger charge is -2.07. The fourth-order valence-electron chi connectivity index (χ4n) is 4.23. The molecule has 0 spiro atoms. The van der Waals surface area contributed by atoms with Crippen LogP contribution in [0, 0.1) is 13.8 Å². The lowest BCUT2D eigenvalue weighted by molar-refractivity contribution is 0.0944. The molecule has 0 aliphatic rings. The Morgan fingerprint density at radius 2 is 1.00 bits per heavy atom. The summed E-state index contributed by atoms with van der Waals surface area (Å²) < 4.78 is 10.6. The van der Waals surface area contributed by atoms with Crippen molar-refractivity contribution in [1.29, 1.82) is 0 Å². The number of rotatable bonds is 12. The topological polar surface area (TPSA) is 110 Å². The standard InChI is InChI=1S/C29H32N4O4/c1-20-24(26(32-36-20)22-14-8-6-9-15-22)28(34)30-18-12-4-3-5-13-19-31-29(35)25-21(2)37-33-27(25)23-16-10-7-11-17-23/h6-11,14-17H,3-5,12-13,18-19H2,1-2H3,(H,30,34)(H,31,35). The normalized spacial score (nSPS) is 10.9. The number of unbranched alkanes of at least 4 members (excludes halogenated alkanes) is 4. The van der Waals surface area contributed by atoms with E-state index in [4.69, 9.17) is 9.05 Å². The van der Waals surface area contributed by atoms with Crippen LogP contribution in [0.2, 0.25) is 0 Å². The summed E-state index contributed by atoms with van der Waals surface area (Å²) in [6.45, 7) is 4.67. The zero-order chi connectivity index (χ0) is 26.0. The van der Waals surface area contributed by atoms with E-state index in [1.54, 1.807) is 13.8 Å². The van der Waals surface area contributed by atoms with E-state index in [1.807, 2.05) is 60.7 Å². The van der Waals surface area contributed by atoms with Crippen molar-refractivity contribution in [3.8, 4) is 22.5 Å². The highest BCUT2D eigenvalue weighted by Crippen LogP contribution is 2.26. The highest BCUT2D eigenvalue weighted by Gasteiger charge is 2.22. The van der Waals surface area contributed by atoms with Crippen LogP contribution in [0.4, 0.5) is 0 Å². The highest BCUT2D eigenvalue weighted by molar-refractivity contribution is 6.01. The Kier molecular flexibility index (Phi) is 8.86. The molecular formula is C29H32N4O4. The van der Waals surface area contributed by atoms with Gasteiger partial charge in [-0.05, 0) is 26.7 Å². The van der Waals surface area contributed by atoms with E-state index >= 15 is 0 Å². The van der Waals surface area contributed by atoms with Crippen LogP contribution in [-0.2, 0) is 0 Å². The van der Waals surface area contributed by atoms with Gasteiger partial charge in [-0.25, -0.2) is 0 Å². The van der Waals surface area contributed by atoms with Gasteiger partial charge in [0.05, 0.1) is 0 Å². The summed E-state index contributed by atoms with van der Waals surface area (Å²) in [6, 6.07) is 19.1. The quantitative estimate of drug-likeness (QED) is 0.241. The first-order chi connectivity index (χ1) is 18.1. The van der Waals surface area contributed by atoms with E-state index in [9.17, 15) is 9.59 Å². The molecule has 0 radical (unpaired) electrons. The summed E-state index contributed by atoms with van der Waals surface area (Å²) in [7, 11) is 0. The van der Waals surface area contributed by atoms with Gasteiger partial charge >= 0.3 is 0 Å². The summed E-state index contributed by atoms with van der Waals surface area (Å²) in [5.41, 5.74) is 3.81. The predicted octanol–water partition coefficient (Wildman–Crippen LogP) is 5.72. The number of nitrogens with one attached hydrogen (secondary N) is 2. The molecule has 2 aromatic heterocycles. The van der Waals surface area contributed by atoms with Crippen molar-refractivity contribution in [2.24, 2.45) is 0 Å². The van der Waals surface area contributed by atoms with E-state index in [0.29, 0.717) is 47.1 Å². The van der Waals surface area contributed by atoms with E-state index in [-0.39, 0.29) is 11.8 Å². The SMILES string of the molecule is Cc1onc(-c2ccccc2)c1C(=O)NCCCCCCCNC(=O)c1c(-c2ccccc2)noc1C. The van der Waals surface area contributed by atoms with Crippen molar-refractivity contribution >= 4 is 11.8 Å². The van der Waals surface area contributed by atoms with Crippen molar-refractivity contribution < 1.29 is 18.6 Å². The summed E-state index contributed by atoms with van der Waals surface area (Å²) in [6.07, 6.45) is 4.76. The molecule has 8 heteroatoms. The minimum absolute atomic E-state index is 0.167. The molecule has 2 aromatic carbocycles. The van der Waals surface area contributed by atoms with Crippen LogP contribution in [0.1, 0.15) is 64.3 Å². The van der Waals surface area contributed by atoms with E-state index in [0.717, 1.165) is 43.2 Å². The number of carbonyl (C=O) groups is 2. The molecule has 0 unspecified atom stereocenters. The Bertz CT molecular complexity index is 1210. The van der Waals surface area contributed by atoms with Gasteiger partial charge in [0, 0.05) is 24.2 Å². The van der Waals surface area contributed by atoms with E-state index in [2.05, 4.69) is 20.9 Å². The molecule has 0 aliphatic heterocycles. The van der Waals surface area contributed by atoms with Gasteiger partial charge in [0.1, 0.15) is 34.0 Å². The van der Waals surface area contributed by atoms with Gasteiger partial charge in [0.25, 0.3) is 11.8 Å². The molecule has 2 amide bonds. The van der Waals surface area contributed by atoms with Crippen LogP contribution in [0.3, 0.4) is 0 Å². The molecule has 0 saturated heterocycles. The summed E-state index contributed by atoms with van der Waals surface area (Å²) in [4.78, 5) is 25.5. The first-order valence-corrected chi connectivity index (χ1v) is 12.7. The second-order valence-corrected chi connectivity index (χ2v) is 8.94. The molecule has 0 fully saturated rings. The second-order valence-electron chi connectivity index (χ2n) is 8.94. The maximum Gasteiger partial charge on any atom is 0.257 e. The van der Waals surface area contributed by atoms with Crippen LogP contribution >= 0.6 is 0 Å². The van der Waals surface area contributed by atoms with Crippen LogP contribution in [-0.4, -0.2) is 35.2 Å². The highest BCUT2D eigenvalue weighted by atomic mass is 16.5. The molecular weight excluding hydrogens is 468 g/mol. The Balaban J connectivity index is 1.13. The molecule has 37 heavy (non-hydrogen) atoms. The molecule has 0 bridgehead atoms. The fourth-order valence-corrected chi connectivity index (χ4v) is 4.23. The van der Waals surface area contributed by atoms with Crippen LogP contribution < -0.4 is 10.6 Å². The zero-order valence-corrected chi connectivity index (χ0v) is 21.3. The maximum absolute atomic E-state index is 12.7. The molecule has 4 aromatic rings. The number of aromatic nitrogens is 2. The van der Waals surface area contributed by atoms with Crippen molar-refractivity contribution in [2.75, 3.05) is 13.1 Å². The number of benzene rings is 2. The molecule has 2 N–H and O–H groups in total. The average molecular weight is 501 g/mol. The second kappa shape index (κ2) is 12.7. The molecule has 4 rings (SSSR count). The zero-order valence-electron chi connectivity index (χ0n) is 21.3. The molecule has 192 valence electrons. The Morgan fingerprint density at radius 3 is 1.41 bits per heavy atom. The molecule has 0 atom stereocenters. The fraction of sp³-hybridized carbons (Fsp3) is 0.310. The maximum atomic E-state index is 12.7. The summed E-state index contributed by atoms with van der Waals surface area (Å²) >= 11 is 0. The Morgan fingerprint density at radius 1 is 0.622 bits per heavy atom. The summed E-state index contributed by atoms with van der Waals surface area (Å²) in [5, 5.41) is 14.1. The van der Waals surface area contributed by atoms with Crippen molar-refractivity contribution in [3.05, 3.63) is 83.3 Å². The van der Waals surface area contributed by atoms with Gasteiger partial charge < -0.3 is 19.7 Å². The Hall–Kier alpha value is -4.20. The van der Waals surface area contributed by atoms with Crippen LogP contribution in [0.25, 0.3) is 22.5 Å². The largest absolute Gasteiger partial charge is 0.360 e. The third-order valence-corrected chi connectivity index (χ3v) is 6.20. The number of carbonyl (C=O) groups excluding carboxylic acids is 2. The molecule has 0 aliphatic carbocycles. The molecule has 8 nitrogen and oxygen atoms in total. The average Bonchev–Trinajstić information content (AvgIpc) is 3.51. The van der Waals surface area contributed by atoms with E-state index in [1.165, 1.54) is 0 Å². The first-order valence-electron chi connectivity index (χ1n) is 12.7. The number of hydrogen-bond donors (Lipinski definition) is 2. The number of aryl methyl sites for hydroxylation is 2. The van der Waals surface area contributed by atoms with Gasteiger partial charge in [-0.1, -0.05) is 90.2 Å². The minimum atomic E-state index is -0.167. The minimum Gasteiger partial charge on any atom is -0.360 e. The van der Waals surface area contributed by atoms with Gasteiger partial charge in [0.2, 0.25) is 0 Å². The van der Waals surface area contributed by atoms with Gasteiger partial charge in [-0.15, -0.1) is 0 Å². The van der Waals surface area contributed by atoms with Crippen molar-refractivity contribution in [1.82, 2.24) is 20.9 Å². The predicted molar refractivity (Wildman–Crippen MR) is 141 cm³/mol. The molecule has 2 heterocycles. The first kappa shape index (κ1) is 25.9. The van der Waals surface area contributed by atoms with Gasteiger partial charge in [-0.2, -0.15) is 0 Å². The number of nitrogens with zero attached hydrogens (tertiary/aromatic N) is 2. The van der Waals surface area contributed by atoms with E-state index < -0.39 is 0 Å². The summed E-state index contributed by atoms with van der Waals surface area (Å²) in [5.74, 6) is 0.685. The monoisotopic (exact) mass is 500 g/mol. The smallest absolute Gasteiger partial charge is 0.257 e. The number of amides is 2. The van der Waals surface area contributed by atoms with Crippen LogP contribution in [0.15, 0.2) is 69.7 Å². The van der Waals surface area contributed by atoms with Gasteiger partial charge in [-0.3, -0.25) is 9.59 Å². The number of hydrogen-bond acceptors (Lipinski definition) is 6. The third kappa shape index (κ3) is 6.52. The third-order valence-electron chi connectivity index (χ3n) is 6.20. The molecule has 0 saturated carbocycles. The Labute approximate surface area is 216 Å². The van der Waals surface area contributed by atoms with Crippen molar-refractivity contribution in [2.45, 2.75) is 46.0 Å². The lowest BCUT2D eigenvalue weighted by Crippen LogP contribution is -2.25. The van der Waals surface area contributed by atoms with Gasteiger partial charge in [0.15, 0.2) is 0 Å². The lowest BCUT2D eigenvalue weighted by atomic mass is 10.1. The van der Waals surface area contributed by atoms with Crippen LogP contribution in [0.5, 0.6) is 0 Å². The van der Waals surface area contributed by atoms with Crippen molar-refractivity contribution in [3.63, 3.8) is 0 Å².